The quantitative estimate of drug-likeness (QED) is 0.252. The molecule has 2 N–H and O–H groups in total. The lowest BCUT2D eigenvalue weighted by molar-refractivity contribution is -0.109. The molecule has 0 bridgehead atoms. The summed E-state index contributed by atoms with van der Waals surface area (Å²) in [5.74, 6) is 0. The molecule has 36 valence electrons. The number of halogens is 1. The van der Waals surface area contributed by atoms with Gasteiger partial charge in [-0.2, -0.15) is 5.48 Å². The first-order valence-electron chi connectivity index (χ1n) is 1.30. The molecule has 0 aliphatic rings. The summed E-state index contributed by atoms with van der Waals surface area (Å²) in [6.07, 6.45) is 0.528. The minimum atomic E-state index is -0.627. The van der Waals surface area contributed by atoms with E-state index in [0.29, 0.717) is 6.29 Å². The Labute approximate surface area is 43.4 Å². The molecular formula is C2H4BrNO2. The van der Waals surface area contributed by atoms with Crippen molar-refractivity contribution in [2.45, 2.75) is 4.95 Å². The van der Waals surface area contributed by atoms with Gasteiger partial charge in [-0.15, -0.1) is 0 Å². The summed E-state index contributed by atoms with van der Waals surface area (Å²) in [6.45, 7) is 0. The number of rotatable bonds is 2. The molecule has 0 aliphatic carbocycles. The molecule has 0 aromatic heterocycles. The highest BCUT2D eigenvalue weighted by atomic mass is 79.9. The molecule has 4 heteroatoms. The number of hydroxylamine groups is 1. The molecule has 0 aliphatic heterocycles. The van der Waals surface area contributed by atoms with Crippen molar-refractivity contribution >= 4 is 22.2 Å². The van der Waals surface area contributed by atoms with E-state index >= 15 is 0 Å². The zero-order chi connectivity index (χ0) is 4.99. The van der Waals surface area contributed by atoms with Crippen LogP contribution in [0, 0.1) is 0 Å². The van der Waals surface area contributed by atoms with Crippen molar-refractivity contribution < 1.29 is 10.0 Å². The predicted molar refractivity (Wildman–Crippen MR) is 23.7 cm³/mol. The average molecular weight is 154 g/mol. The smallest absolute Gasteiger partial charge is 0.149 e. The molecule has 3 nitrogen and oxygen atoms in total. The van der Waals surface area contributed by atoms with Crippen molar-refractivity contribution in [1.29, 1.82) is 0 Å². The third kappa shape index (κ3) is 2.32. The Bertz CT molecular complexity index is 48.8. The van der Waals surface area contributed by atoms with Gasteiger partial charge in [0.2, 0.25) is 0 Å². The van der Waals surface area contributed by atoms with Crippen LogP contribution in [0.3, 0.4) is 0 Å². The lowest BCUT2D eigenvalue weighted by Gasteiger charge is -1.90. The Kier molecular flexibility index (Phi) is 3.31. The summed E-state index contributed by atoms with van der Waals surface area (Å²) >= 11 is 2.75. The van der Waals surface area contributed by atoms with Gasteiger partial charge < -0.3 is 10.0 Å². The Balaban J connectivity index is 2.96. The van der Waals surface area contributed by atoms with Crippen molar-refractivity contribution in [1.82, 2.24) is 5.48 Å². The van der Waals surface area contributed by atoms with Crippen LogP contribution in [-0.2, 0) is 4.79 Å². The van der Waals surface area contributed by atoms with Crippen LogP contribution in [0.2, 0.25) is 0 Å². The van der Waals surface area contributed by atoms with Gasteiger partial charge in [0.15, 0.2) is 0 Å². The van der Waals surface area contributed by atoms with Crippen molar-refractivity contribution in [2.24, 2.45) is 0 Å². The largest absolute Gasteiger partial charge is 0.315 e. The van der Waals surface area contributed by atoms with Gasteiger partial charge in [0.1, 0.15) is 11.2 Å². The first kappa shape index (κ1) is 6.07. The summed E-state index contributed by atoms with van der Waals surface area (Å²) < 4.78 is 0. The zero-order valence-electron chi connectivity index (χ0n) is 2.89. The number of carbonyl (C=O) groups excluding carboxylic acids is 1. The first-order chi connectivity index (χ1) is 2.81. The van der Waals surface area contributed by atoms with Crippen molar-refractivity contribution in [3.05, 3.63) is 0 Å². The fourth-order valence-corrected chi connectivity index (χ4v) is 0.0304. The van der Waals surface area contributed by atoms with Gasteiger partial charge >= 0.3 is 0 Å². The van der Waals surface area contributed by atoms with E-state index in [2.05, 4.69) is 15.9 Å². The SMILES string of the molecule is O=CC(Br)NO. The highest BCUT2D eigenvalue weighted by molar-refractivity contribution is 9.09. The standard InChI is InChI=1S/C2H4BrNO2/c3-2(1-5)4-6/h1-2,4,6H. The molecule has 0 rings (SSSR count). The molecule has 0 fully saturated rings. The van der Waals surface area contributed by atoms with Gasteiger partial charge in [0.25, 0.3) is 0 Å². The van der Waals surface area contributed by atoms with Gasteiger partial charge in [0.05, 0.1) is 0 Å². The summed E-state index contributed by atoms with van der Waals surface area (Å²) in [7, 11) is 0. The Morgan fingerprint density at radius 2 is 2.50 bits per heavy atom. The van der Waals surface area contributed by atoms with Crippen molar-refractivity contribution in [3.63, 3.8) is 0 Å². The fraction of sp³-hybridized carbons (Fsp3) is 0.500. The molecule has 0 radical (unpaired) electrons. The Hall–Kier alpha value is 0.0700. The molecular weight excluding hydrogens is 150 g/mol. The minimum Gasteiger partial charge on any atom is -0.315 e. The van der Waals surface area contributed by atoms with Crippen LogP contribution in [-0.4, -0.2) is 16.4 Å². The summed E-state index contributed by atoms with van der Waals surface area (Å²) in [6, 6.07) is 0. The molecule has 0 saturated carbocycles. The maximum absolute atomic E-state index is 9.47. The Morgan fingerprint density at radius 1 is 2.00 bits per heavy atom. The molecule has 0 heterocycles. The second-order valence-corrected chi connectivity index (χ2v) is 1.65. The number of alkyl halides is 1. The fourth-order valence-electron chi connectivity index (χ4n) is 0.0304. The van der Waals surface area contributed by atoms with E-state index in [1.165, 1.54) is 0 Å². The van der Waals surface area contributed by atoms with Gasteiger partial charge in [-0.05, 0) is 0 Å². The van der Waals surface area contributed by atoms with Crippen LogP contribution in [0.4, 0.5) is 0 Å². The molecule has 0 amide bonds. The molecule has 0 aromatic carbocycles. The van der Waals surface area contributed by atoms with E-state index in [9.17, 15) is 4.79 Å². The average Bonchev–Trinajstić information content (AvgIpc) is 1.65. The lowest BCUT2D eigenvalue weighted by atomic mass is 10.8. The number of hydrogen-bond donors (Lipinski definition) is 2. The number of carbonyl (C=O) groups is 1. The van der Waals surface area contributed by atoms with Gasteiger partial charge in [-0.1, -0.05) is 15.9 Å². The number of hydrogen-bond acceptors (Lipinski definition) is 3. The molecule has 1 unspecified atom stereocenters. The van der Waals surface area contributed by atoms with E-state index in [4.69, 9.17) is 5.21 Å². The van der Waals surface area contributed by atoms with Crippen LogP contribution in [0.25, 0.3) is 0 Å². The van der Waals surface area contributed by atoms with Crippen LogP contribution in [0.15, 0.2) is 0 Å². The van der Waals surface area contributed by atoms with Crippen LogP contribution in [0.1, 0.15) is 0 Å². The molecule has 0 saturated heterocycles. The monoisotopic (exact) mass is 153 g/mol. The van der Waals surface area contributed by atoms with E-state index in [0.717, 1.165) is 0 Å². The van der Waals surface area contributed by atoms with E-state index in [1.807, 2.05) is 0 Å². The maximum atomic E-state index is 9.47. The predicted octanol–water partition coefficient (Wildman–Crippen LogP) is -0.115. The molecule has 6 heavy (non-hydrogen) atoms. The molecule has 0 spiro atoms. The highest BCUT2D eigenvalue weighted by Crippen LogP contribution is 1.83. The van der Waals surface area contributed by atoms with Crippen LogP contribution >= 0.6 is 15.9 Å². The second kappa shape index (κ2) is 3.27. The maximum Gasteiger partial charge on any atom is 0.149 e. The second-order valence-electron chi connectivity index (χ2n) is 0.667. The number of nitrogens with one attached hydrogen (secondary N) is 1. The topological polar surface area (TPSA) is 49.3 Å². The molecule has 1 atom stereocenters. The summed E-state index contributed by atoms with van der Waals surface area (Å²) in [4.78, 5) is 8.84. The van der Waals surface area contributed by atoms with Crippen LogP contribution < -0.4 is 5.48 Å². The summed E-state index contributed by atoms with van der Waals surface area (Å²) in [5, 5.41) is 7.81. The van der Waals surface area contributed by atoms with E-state index in [1.54, 1.807) is 5.48 Å². The highest BCUT2D eigenvalue weighted by Gasteiger charge is 1.91. The minimum absolute atomic E-state index is 0.528. The van der Waals surface area contributed by atoms with E-state index in [-0.39, 0.29) is 0 Å². The zero-order valence-corrected chi connectivity index (χ0v) is 4.47. The van der Waals surface area contributed by atoms with Gasteiger partial charge in [-0.25, -0.2) is 0 Å². The third-order valence-corrected chi connectivity index (χ3v) is 0.663. The first-order valence-corrected chi connectivity index (χ1v) is 2.22. The molecule has 0 aromatic rings. The van der Waals surface area contributed by atoms with Gasteiger partial charge in [-0.3, -0.25) is 0 Å². The number of aldehydes is 1. The van der Waals surface area contributed by atoms with Gasteiger partial charge in [0, 0.05) is 0 Å². The lowest BCUT2D eigenvalue weighted by Crippen LogP contribution is -2.19. The van der Waals surface area contributed by atoms with Crippen LogP contribution in [0.5, 0.6) is 0 Å². The summed E-state index contributed by atoms with van der Waals surface area (Å²) in [5.41, 5.74) is 1.66. The van der Waals surface area contributed by atoms with Crippen molar-refractivity contribution in [2.75, 3.05) is 0 Å². The van der Waals surface area contributed by atoms with E-state index < -0.39 is 4.95 Å². The van der Waals surface area contributed by atoms with Crippen molar-refractivity contribution in [3.8, 4) is 0 Å². The Morgan fingerprint density at radius 3 is 2.50 bits per heavy atom. The third-order valence-electron chi connectivity index (χ3n) is 0.243. The normalized spacial score (nSPS) is 13.7.